The maximum Gasteiger partial charge on any atom is 0.270 e. The number of anilines is 1. The van der Waals surface area contributed by atoms with Crippen molar-refractivity contribution in [2.75, 3.05) is 5.32 Å². The minimum atomic E-state index is -0.440. The topological polar surface area (TPSA) is 94.9 Å². The first-order valence-corrected chi connectivity index (χ1v) is 8.74. The first kappa shape index (κ1) is 19.1. The summed E-state index contributed by atoms with van der Waals surface area (Å²) in [6, 6.07) is 18.8. The highest BCUT2D eigenvalue weighted by Gasteiger charge is 2.13. The van der Waals surface area contributed by atoms with Gasteiger partial charge in [-0.25, -0.2) is 0 Å². The Hall–Kier alpha value is -3.69. The molecule has 2 N–H and O–H groups in total. The maximum absolute atomic E-state index is 12.5. The van der Waals surface area contributed by atoms with Crippen LogP contribution in [0.4, 0.5) is 5.69 Å². The average Bonchev–Trinajstić information content (AvgIpc) is 2.73. The van der Waals surface area contributed by atoms with E-state index in [2.05, 4.69) is 15.6 Å². The smallest absolute Gasteiger partial charge is 0.270 e. The number of para-hydroxylation sites is 1. The summed E-state index contributed by atoms with van der Waals surface area (Å²) in [7, 11) is 0. The molecule has 0 saturated heterocycles. The van der Waals surface area contributed by atoms with Gasteiger partial charge in [0.2, 0.25) is 0 Å². The van der Waals surface area contributed by atoms with E-state index in [-0.39, 0.29) is 17.8 Å². The molecule has 0 fully saturated rings. The minimum Gasteiger partial charge on any atom is -0.347 e. The van der Waals surface area contributed by atoms with Crippen LogP contribution in [0.2, 0.25) is 5.02 Å². The third-order valence-electron chi connectivity index (χ3n) is 3.95. The number of hydrogen-bond acceptors (Lipinski definition) is 4. The number of nitrogens with zero attached hydrogens (tertiary/aromatic N) is 2. The first-order valence-electron chi connectivity index (χ1n) is 8.36. The van der Waals surface area contributed by atoms with Gasteiger partial charge >= 0.3 is 0 Å². The molecule has 3 rings (SSSR count). The molecule has 0 saturated carbocycles. The van der Waals surface area contributed by atoms with Crippen molar-refractivity contribution in [3.63, 3.8) is 0 Å². The van der Waals surface area contributed by atoms with Gasteiger partial charge in [-0.1, -0.05) is 41.9 Å². The van der Waals surface area contributed by atoms with Crippen LogP contribution >= 0.6 is 11.6 Å². The van der Waals surface area contributed by atoms with Gasteiger partial charge in [0.05, 0.1) is 11.3 Å². The van der Waals surface area contributed by atoms with Gasteiger partial charge in [-0.3, -0.25) is 14.6 Å². The van der Waals surface area contributed by atoms with Crippen LogP contribution < -0.4 is 10.6 Å². The maximum atomic E-state index is 12.5. The van der Waals surface area contributed by atoms with Crippen LogP contribution in [0.1, 0.15) is 32.0 Å². The molecule has 6 nitrogen and oxygen atoms in total. The molecule has 1 aromatic heterocycles. The molecular formula is C21H15ClN4O2. The third kappa shape index (κ3) is 4.53. The zero-order valence-corrected chi connectivity index (χ0v) is 15.4. The number of halogens is 1. The molecule has 0 aliphatic rings. The monoisotopic (exact) mass is 390 g/mol. The molecule has 3 aromatic rings. The van der Waals surface area contributed by atoms with E-state index in [1.165, 1.54) is 18.3 Å². The first-order chi connectivity index (χ1) is 13.6. The van der Waals surface area contributed by atoms with Crippen molar-refractivity contribution in [3.8, 4) is 6.07 Å². The number of hydrogen-bond donors (Lipinski definition) is 2. The lowest BCUT2D eigenvalue weighted by Crippen LogP contribution is -2.24. The van der Waals surface area contributed by atoms with Crippen molar-refractivity contribution in [2.45, 2.75) is 6.54 Å². The number of nitrogens with one attached hydrogen (secondary N) is 2. The second-order valence-electron chi connectivity index (χ2n) is 5.82. The molecule has 0 aliphatic carbocycles. The SMILES string of the molecule is N#Cc1ccccc1NC(=O)c1ccnc(C(=O)NCc2ccccc2Cl)c1. The largest absolute Gasteiger partial charge is 0.347 e. The summed E-state index contributed by atoms with van der Waals surface area (Å²) in [4.78, 5) is 28.9. The number of carbonyl (C=O) groups is 2. The highest BCUT2D eigenvalue weighted by Crippen LogP contribution is 2.16. The van der Waals surface area contributed by atoms with Crippen LogP contribution in [-0.2, 0) is 6.54 Å². The van der Waals surface area contributed by atoms with Crippen molar-refractivity contribution in [1.29, 1.82) is 5.26 Å². The van der Waals surface area contributed by atoms with Crippen molar-refractivity contribution >= 4 is 29.1 Å². The van der Waals surface area contributed by atoms with E-state index in [9.17, 15) is 9.59 Å². The summed E-state index contributed by atoms with van der Waals surface area (Å²) in [5.74, 6) is -0.864. The van der Waals surface area contributed by atoms with Gasteiger partial charge in [-0.05, 0) is 35.9 Å². The molecule has 0 atom stereocenters. The summed E-state index contributed by atoms with van der Waals surface area (Å²) in [5, 5.41) is 15.1. The number of nitriles is 1. The lowest BCUT2D eigenvalue weighted by molar-refractivity contribution is 0.0946. The summed E-state index contributed by atoms with van der Waals surface area (Å²) in [6.45, 7) is 0.242. The third-order valence-corrected chi connectivity index (χ3v) is 4.32. The summed E-state index contributed by atoms with van der Waals surface area (Å²) < 4.78 is 0. The lowest BCUT2D eigenvalue weighted by atomic mass is 10.1. The van der Waals surface area contributed by atoms with E-state index in [4.69, 9.17) is 16.9 Å². The Morgan fingerprint density at radius 2 is 1.79 bits per heavy atom. The highest BCUT2D eigenvalue weighted by atomic mass is 35.5. The number of carbonyl (C=O) groups excluding carboxylic acids is 2. The van der Waals surface area contributed by atoms with Gasteiger partial charge in [0.1, 0.15) is 11.8 Å². The van der Waals surface area contributed by atoms with Crippen LogP contribution in [0.25, 0.3) is 0 Å². The molecule has 138 valence electrons. The fraction of sp³-hybridized carbons (Fsp3) is 0.0476. The molecular weight excluding hydrogens is 376 g/mol. The fourth-order valence-corrected chi connectivity index (χ4v) is 2.69. The molecule has 0 bridgehead atoms. The van der Waals surface area contributed by atoms with E-state index in [0.717, 1.165) is 5.56 Å². The Kier molecular flexibility index (Phi) is 6.00. The Morgan fingerprint density at radius 1 is 1.04 bits per heavy atom. The van der Waals surface area contributed by atoms with Crippen molar-refractivity contribution in [3.05, 3.63) is 94.3 Å². The zero-order valence-electron chi connectivity index (χ0n) is 14.6. The quantitative estimate of drug-likeness (QED) is 0.692. The van der Waals surface area contributed by atoms with Gasteiger partial charge in [-0.15, -0.1) is 0 Å². The van der Waals surface area contributed by atoms with Crippen molar-refractivity contribution in [2.24, 2.45) is 0 Å². The Labute approximate surface area is 166 Å². The molecule has 0 radical (unpaired) electrons. The molecule has 0 unspecified atom stereocenters. The molecule has 0 aliphatic heterocycles. The predicted molar refractivity (Wildman–Crippen MR) is 106 cm³/mol. The predicted octanol–water partition coefficient (Wildman–Crippen LogP) is 3.79. The van der Waals surface area contributed by atoms with Crippen LogP contribution in [0.5, 0.6) is 0 Å². The summed E-state index contributed by atoms with van der Waals surface area (Å²) in [5.41, 5.74) is 1.89. The number of benzene rings is 2. The summed E-state index contributed by atoms with van der Waals surface area (Å²) in [6.07, 6.45) is 1.38. The molecule has 2 amide bonds. The summed E-state index contributed by atoms with van der Waals surface area (Å²) >= 11 is 6.08. The number of rotatable bonds is 5. The van der Waals surface area contributed by atoms with E-state index < -0.39 is 11.8 Å². The molecule has 0 spiro atoms. The van der Waals surface area contributed by atoms with Crippen molar-refractivity contribution in [1.82, 2.24) is 10.3 Å². The van der Waals surface area contributed by atoms with Gasteiger partial charge in [0.15, 0.2) is 0 Å². The van der Waals surface area contributed by atoms with Gasteiger partial charge < -0.3 is 10.6 Å². The fourth-order valence-electron chi connectivity index (χ4n) is 2.49. The second kappa shape index (κ2) is 8.80. The number of aromatic nitrogens is 1. The normalized spacial score (nSPS) is 10.0. The number of pyridine rings is 1. The van der Waals surface area contributed by atoms with Crippen LogP contribution in [0.3, 0.4) is 0 Å². The Bertz CT molecular complexity index is 1080. The standard InChI is InChI=1S/C21H15ClN4O2/c22-17-7-3-1-6-16(17)13-25-21(28)19-11-14(9-10-24-19)20(27)26-18-8-4-2-5-15(18)12-23/h1-11H,13H2,(H,25,28)(H,26,27). The lowest BCUT2D eigenvalue weighted by Gasteiger charge is -2.09. The second-order valence-corrected chi connectivity index (χ2v) is 6.22. The Morgan fingerprint density at radius 3 is 2.57 bits per heavy atom. The van der Waals surface area contributed by atoms with E-state index in [0.29, 0.717) is 16.3 Å². The molecule has 2 aromatic carbocycles. The molecule has 7 heteroatoms. The van der Waals surface area contributed by atoms with E-state index in [1.807, 2.05) is 24.3 Å². The van der Waals surface area contributed by atoms with Crippen LogP contribution in [0, 0.1) is 11.3 Å². The number of amides is 2. The van der Waals surface area contributed by atoms with Crippen LogP contribution in [0.15, 0.2) is 66.9 Å². The van der Waals surface area contributed by atoms with Gasteiger partial charge in [-0.2, -0.15) is 5.26 Å². The molecule has 1 heterocycles. The van der Waals surface area contributed by atoms with Gasteiger partial charge in [0, 0.05) is 23.3 Å². The Balaban J connectivity index is 1.71. The average molecular weight is 391 g/mol. The molecule has 28 heavy (non-hydrogen) atoms. The van der Waals surface area contributed by atoms with Crippen molar-refractivity contribution < 1.29 is 9.59 Å². The van der Waals surface area contributed by atoms with Crippen LogP contribution in [-0.4, -0.2) is 16.8 Å². The zero-order chi connectivity index (χ0) is 19.9. The van der Waals surface area contributed by atoms with E-state index in [1.54, 1.807) is 30.3 Å². The van der Waals surface area contributed by atoms with Gasteiger partial charge in [0.25, 0.3) is 11.8 Å². The highest BCUT2D eigenvalue weighted by molar-refractivity contribution is 6.31. The van der Waals surface area contributed by atoms with E-state index >= 15 is 0 Å². The minimum absolute atomic E-state index is 0.105.